The Balaban J connectivity index is 1.76. The number of alkyl halides is 3. The molecule has 0 bridgehead atoms. The first-order valence-corrected chi connectivity index (χ1v) is 9.84. The lowest BCUT2D eigenvalue weighted by Gasteiger charge is -2.24. The minimum absolute atomic E-state index is 0.0591. The lowest BCUT2D eigenvalue weighted by Crippen LogP contribution is -2.48. The van der Waals surface area contributed by atoms with Gasteiger partial charge in [0.1, 0.15) is 18.3 Å². The van der Waals surface area contributed by atoms with Gasteiger partial charge in [0, 0.05) is 13.0 Å². The summed E-state index contributed by atoms with van der Waals surface area (Å²) in [4.78, 5) is 25.8. The number of rotatable bonds is 7. The van der Waals surface area contributed by atoms with Crippen molar-refractivity contribution < 1.29 is 27.5 Å². The highest BCUT2D eigenvalue weighted by atomic mass is 19.4. The summed E-state index contributed by atoms with van der Waals surface area (Å²) >= 11 is 0. The number of halogens is 3. The lowest BCUT2D eigenvalue weighted by atomic mass is 9.87. The molecule has 0 radical (unpaired) electrons. The summed E-state index contributed by atoms with van der Waals surface area (Å²) in [5.74, 6) is -0.263. The second kappa shape index (κ2) is 9.50. The number of nitrogens with zero attached hydrogens (tertiary/aromatic N) is 1. The molecule has 162 valence electrons. The fraction of sp³-hybridized carbons (Fsp3) is 0.619. The van der Waals surface area contributed by atoms with Crippen LogP contribution in [-0.4, -0.2) is 48.6 Å². The molecule has 8 heteroatoms. The van der Waals surface area contributed by atoms with Crippen LogP contribution < -0.4 is 10.1 Å². The van der Waals surface area contributed by atoms with Crippen molar-refractivity contribution in [3.63, 3.8) is 0 Å². The number of carbonyl (C=O) groups is 2. The molecule has 1 aliphatic heterocycles. The Bertz CT molecular complexity index is 697. The molecule has 1 N–H and O–H groups in total. The van der Waals surface area contributed by atoms with Gasteiger partial charge in [0.15, 0.2) is 0 Å². The predicted molar refractivity (Wildman–Crippen MR) is 104 cm³/mol. The average Bonchev–Trinajstić information content (AvgIpc) is 3.12. The first kappa shape index (κ1) is 23.0. The Morgan fingerprint density at radius 1 is 1.17 bits per heavy atom. The first-order chi connectivity index (χ1) is 13.5. The average molecular weight is 414 g/mol. The smallest absolute Gasteiger partial charge is 0.405 e. The van der Waals surface area contributed by atoms with E-state index in [1.165, 1.54) is 10.5 Å². The third kappa shape index (κ3) is 7.25. The van der Waals surface area contributed by atoms with Gasteiger partial charge in [0.25, 0.3) is 0 Å². The summed E-state index contributed by atoms with van der Waals surface area (Å²) in [6.45, 7) is 5.74. The molecule has 1 atom stereocenters. The third-order valence-electron chi connectivity index (χ3n) is 4.86. The van der Waals surface area contributed by atoms with E-state index in [2.05, 4.69) is 20.8 Å². The largest absolute Gasteiger partial charge is 0.494 e. The molecule has 1 aromatic carbocycles. The molecule has 29 heavy (non-hydrogen) atoms. The van der Waals surface area contributed by atoms with Crippen molar-refractivity contribution in [3.05, 3.63) is 29.8 Å². The molecule has 1 fully saturated rings. The molecule has 1 heterocycles. The van der Waals surface area contributed by atoms with Crippen LogP contribution in [0.1, 0.15) is 52.0 Å². The van der Waals surface area contributed by atoms with Crippen LogP contribution in [0, 0.1) is 0 Å². The predicted octanol–water partition coefficient (Wildman–Crippen LogP) is 3.81. The molecular formula is C21H29F3N2O3. The van der Waals surface area contributed by atoms with Crippen LogP contribution in [0.5, 0.6) is 5.75 Å². The molecule has 1 saturated heterocycles. The number of likely N-dealkylation sites (tertiary alicyclic amines) is 1. The van der Waals surface area contributed by atoms with Crippen molar-refractivity contribution >= 4 is 11.8 Å². The highest BCUT2D eigenvalue weighted by Gasteiger charge is 2.36. The number of ether oxygens (including phenoxy) is 1. The lowest BCUT2D eigenvalue weighted by molar-refractivity contribution is -0.144. The molecule has 0 aliphatic carbocycles. The van der Waals surface area contributed by atoms with Gasteiger partial charge < -0.3 is 15.0 Å². The van der Waals surface area contributed by atoms with E-state index >= 15 is 0 Å². The van der Waals surface area contributed by atoms with Crippen LogP contribution in [0.4, 0.5) is 13.2 Å². The highest BCUT2D eigenvalue weighted by molar-refractivity contribution is 5.88. The molecule has 2 rings (SSSR count). The van der Waals surface area contributed by atoms with Gasteiger partial charge in [-0.3, -0.25) is 9.59 Å². The minimum atomic E-state index is -4.47. The van der Waals surface area contributed by atoms with Crippen LogP contribution in [0.15, 0.2) is 24.3 Å². The van der Waals surface area contributed by atoms with E-state index in [9.17, 15) is 22.8 Å². The molecule has 2 amide bonds. The molecule has 0 spiro atoms. The Morgan fingerprint density at radius 3 is 2.41 bits per heavy atom. The summed E-state index contributed by atoms with van der Waals surface area (Å²) in [5.41, 5.74) is 1.26. The van der Waals surface area contributed by atoms with Crippen LogP contribution in [-0.2, 0) is 15.0 Å². The van der Waals surface area contributed by atoms with Gasteiger partial charge >= 0.3 is 6.18 Å². The van der Waals surface area contributed by atoms with Gasteiger partial charge in [0.2, 0.25) is 11.8 Å². The second-order valence-corrected chi connectivity index (χ2v) is 8.30. The zero-order valence-electron chi connectivity index (χ0n) is 17.1. The quantitative estimate of drug-likeness (QED) is 0.691. The maximum atomic E-state index is 12.4. The molecule has 1 aliphatic rings. The molecule has 0 aromatic heterocycles. The number of hydrogen-bond acceptors (Lipinski definition) is 3. The maximum Gasteiger partial charge on any atom is 0.405 e. The summed E-state index contributed by atoms with van der Waals surface area (Å²) < 4.78 is 42.5. The zero-order chi connectivity index (χ0) is 21.7. The van der Waals surface area contributed by atoms with Crippen molar-refractivity contribution in [3.8, 4) is 5.75 Å². The van der Waals surface area contributed by atoms with E-state index in [-0.39, 0.29) is 17.7 Å². The van der Waals surface area contributed by atoms with Crippen LogP contribution in [0.2, 0.25) is 0 Å². The first-order valence-electron chi connectivity index (χ1n) is 9.84. The van der Waals surface area contributed by atoms with Gasteiger partial charge in [-0.25, -0.2) is 0 Å². The van der Waals surface area contributed by atoms with Crippen molar-refractivity contribution in [2.75, 3.05) is 19.7 Å². The van der Waals surface area contributed by atoms with Gasteiger partial charge in [-0.05, 0) is 42.4 Å². The van der Waals surface area contributed by atoms with Gasteiger partial charge in [-0.1, -0.05) is 32.9 Å². The van der Waals surface area contributed by atoms with E-state index in [0.29, 0.717) is 32.4 Å². The topological polar surface area (TPSA) is 58.6 Å². The monoisotopic (exact) mass is 414 g/mol. The standard InChI is InChI=1S/C21H29F3N2O3/c1-20(2,3)15-8-10-16(11-9-15)29-13-5-7-18(27)26-12-4-6-17(26)19(28)25-14-21(22,23)24/h8-11,17H,4-7,12-14H2,1-3H3,(H,25,28). The van der Waals surface area contributed by atoms with Crippen molar-refractivity contribution in [2.24, 2.45) is 0 Å². The van der Waals surface area contributed by atoms with E-state index < -0.39 is 24.7 Å². The second-order valence-electron chi connectivity index (χ2n) is 8.30. The highest BCUT2D eigenvalue weighted by Crippen LogP contribution is 2.24. The Morgan fingerprint density at radius 2 is 1.83 bits per heavy atom. The minimum Gasteiger partial charge on any atom is -0.494 e. The number of hydrogen-bond donors (Lipinski definition) is 1. The molecular weight excluding hydrogens is 385 g/mol. The third-order valence-corrected chi connectivity index (χ3v) is 4.86. The van der Waals surface area contributed by atoms with Gasteiger partial charge in [-0.15, -0.1) is 0 Å². The molecule has 1 unspecified atom stereocenters. The maximum absolute atomic E-state index is 12.4. The van der Waals surface area contributed by atoms with Gasteiger partial charge in [-0.2, -0.15) is 13.2 Å². The number of amides is 2. The van der Waals surface area contributed by atoms with Crippen LogP contribution in [0.3, 0.4) is 0 Å². The Hall–Kier alpha value is -2.25. The van der Waals surface area contributed by atoms with Crippen molar-refractivity contribution in [1.29, 1.82) is 0 Å². The summed E-state index contributed by atoms with van der Waals surface area (Å²) in [7, 11) is 0. The van der Waals surface area contributed by atoms with Crippen molar-refractivity contribution in [1.82, 2.24) is 10.2 Å². The molecule has 5 nitrogen and oxygen atoms in total. The summed E-state index contributed by atoms with van der Waals surface area (Å²) in [6, 6.07) is 6.98. The van der Waals surface area contributed by atoms with Gasteiger partial charge in [0.05, 0.1) is 6.61 Å². The fourth-order valence-corrected chi connectivity index (χ4v) is 3.25. The van der Waals surface area contributed by atoms with Crippen LogP contribution >= 0.6 is 0 Å². The van der Waals surface area contributed by atoms with Crippen LogP contribution in [0.25, 0.3) is 0 Å². The fourth-order valence-electron chi connectivity index (χ4n) is 3.25. The SMILES string of the molecule is CC(C)(C)c1ccc(OCCCC(=O)N2CCCC2C(=O)NCC(F)(F)F)cc1. The number of nitrogens with one attached hydrogen (secondary N) is 1. The zero-order valence-corrected chi connectivity index (χ0v) is 17.1. The van der Waals surface area contributed by atoms with E-state index in [4.69, 9.17) is 4.74 Å². The Kier molecular flexibility index (Phi) is 7.54. The number of benzene rings is 1. The normalized spacial score (nSPS) is 17.3. The molecule has 0 saturated carbocycles. The number of carbonyl (C=O) groups excluding carboxylic acids is 2. The van der Waals surface area contributed by atoms with E-state index in [0.717, 1.165) is 5.75 Å². The van der Waals surface area contributed by atoms with E-state index in [1.807, 2.05) is 29.6 Å². The van der Waals surface area contributed by atoms with Crippen molar-refractivity contribution in [2.45, 2.75) is 64.1 Å². The summed E-state index contributed by atoms with van der Waals surface area (Å²) in [5, 5.41) is 1.87. The summed E-state index contributed by atoms with van der Waals surface area (Å²) in [6.07, 6.45) is -2.83. The van der Waals surface area contributed by atoms with E-state index in [1.54, 1.807) is 0 Å². The Labute approximate surface area is 169 Å². The molecule has 1 aromatic rings.